The maximum atomic E-state index is 12.7. The minimum Gasteiger partial charge on any atom is -0.348 e. The third-order valence-corrected chi connectivity index (χ3v) is 4.28. The third kappa shape index (κ3) is 3.79. The summed E-state index contributed by atoms with van der Waals surface area (Å²) in [6, 6.07) is 17.1. The Morgan fingerprint density at radius 2 is 1.76 bits per heavy atom. The molecule has 4 heteroatoms. The lowest BCUT2D eigenvalue weighted by Crippen LogP contribution is -2.29. The zero-order valence-electron chi connectivity index (χ0n) is 14.4. The van der Waals surface area contributed by atoms with Crippen LogP contribution in [0.1, 0.15) is 35.7 Å². The number of unbranched alkanes of at least 4 members (excludes halogenated alkanes) is 1. The van der Waals surface area contributed by atoms with E-state index in [0.717, 1.165) is 30.5 Å². The normalized spacial score (nSPS) is 10.8. The standard InChI is InChI=1S/C21H22N2O2/c1-2-3-13-23-15-18(20(24)17-11-7-8-12-19(17)23)21(25)22-14-16-9-5-4-6-10-16/h4-12,15H,2-3,13-14H2,1H3,(H,22,25). The molecule has 1 amide bonds. The van der Waals surface area contributed by atoms with Gasteiger partial charge in [0.15, 0.2) is 0 Å². The highest BCUT2D eigenvalue weighted by Gasteiger charge is 2.15. The summed E-state index contributed by atoms with van der Waals surface area (Å²) >= 11 is 0. The van der Waals surface area contributed by atoms with Crippen LogP contribution in [-0.4, -0.2) is 10.5 Å². The quantitative estimate of drug-likeness (QED) is 0.747. The molecule has 0 bridgehead atoms. The predicted molar refractivity (Wildman–Crippen MR) is 101 cm³/mol. The predicted octanol–water partition coefficient (Wildman–Crippen LogP) is 3.73. The molecule has 25 heavy (non-hydrogen) atoms. The monoisotopic (exact) mass is 334 g/mol. The Bertz CT molecular complexity index is 930. The van der Waals surface area contributed by atoms with Gasteiger partial charge in [-0.15, -0.1) is 0 Å². The van der Waals surface area contributed by atoms with Gasteiger partial charge in [0.2, 0.25) is 5.43 Å². The molecule has 3 aromatic rings. The fraction of sp³-hybridized carbons (Fsp3) is 0.238. The summed E-state index contributed by atoms with van der Waals surface area (Å²) in [4.78, 5) is 25.3. The number of pyridine rings is 1. The number of rotatable bonds is 6. The molecule has 0 spiro atoms. The molecule has 2 aromatic carbocycles. The van der Waals surface area contributed by atoms with Crippen molar-refractivity contribution in [2.24, 2.45) is 0 Å². The molecule has 1 aromatic heterocycles. The molecule has 0 radical (unpaired) electrons. The van der Waals surface area contributed by atoms with Crippen LogP contribution in [0.15, 0.2) is 65.6 Å². The lowest BCUT2D eigenvalue weighted by molar-refractivity contribution is 0.0949. The van der Waals surface area contributed by atoms with Gasteiger partial charge < -0.3 is 9.88 Å². The van der Waals surface area contributed by atoms with E-state index in [0.29, 0.717) is 11.9 Å². The first kappa shape index (κ1) is 17.0. The van der Waals surface area contributed by atoms with Gasteiger partial charge in [-0.2, -0.15) is 0 Å². The fourth-order valence-corrected chi connectivity index (χ4v) is 2.89. The van der Waals surface area contributed by atoms with E-state index in [2.05, 4.69) is 12.2 Å². The molecule has 0 aliphatic carbocycles. The van der Waals surface area contributed by atoms with Crippen LogP contribution in [0.25, 0.3) is 10.9 Å². The number of carbonyl (C=O) groups is 1. The summed E-state index contributed by atoms with van der Waals surface area (Å²) in [5.74, 6) is -0.329. The first-order chi connectivity index (χ1) is 12.2. The number of hydrogen-bond donors (Lipinski definition) is 1. The minimum absolute atomic E-state index is 0.200. The molecular weight excluding hydrogens is 312 g/mol. The number of carbonyl (C=O) groups excluding carboxylic acids is 1. The Kier molecular flexibility index (Phi) is 5.29. The highest BCUT2D eigenvalue weighted by Crippen LogP contribution is 2.13. The van der Waals surface area contributed by atoms with Gasteiger partial charge in [-0.1, -0.05) is 55.8 Å². The first-order valence-corrected chi connectivity index (χ1v) is 8.65. The molecule has 0 unspecified atom stereocenters. The van der Waals surface area contributed by atoms with Crippen molar-refractivity contribution >= 4 is 16.8 Å². The fourth-order valence-electron chi connectivity index (χ4n) is 2.89. The van der Waals surface area contributed by atoms with Gasteiger partial charge in [0, 0.05) is 24.7 Å². The summed E-state index contributed by atoms with van der Waals surface area (Å²) in [7, 11) is 0. The Balaban J connectivity index is 1.93. The van der Waals surface area contributed by atoms with E-state index < -0.39 is 0 Å². The highest BCUT2D eigenvalue weighted by molar-refractivity contribution is 5.97. The molecule has 3 rings (SSSR count). The van der Waals surface area contributed by atoms with Crippen LogP contribution in [0.5, 0.6) is 0 Å². The van der Waals surface area contributed by atoms with Gasteiger partial charge in [-0.05, 0) is 24.1 Å². The van der Waals surface area contributed by atoms with Gasteiger partial charge in [0.1, 0.15) is 5.56 Å². The Morgan fingerprint density at radius 3 is 2.52 bits per heavy atom. The number of aromatic nitrogens is 1. The molecule has 1 heterocycles. The van der Waals surface area contributed by atoms with Crippen LogP contribution in [0.3, 0.4) is 0 Å². The zero-order chi connectivity index (χ0) is 17.6. The van der Waals surface area contributed by atoms with Crippen molar-refractivity contribution < 1.29 is 4.79 Å². The maximum Gasteiger partial charge on any atom is 0.257 e. The third-order valence-electron chi connectivity index (χ3n) is 4.28. The minimum atomic E-state index is -0.329. The Labute approximate surface area is 147 Å². The average molecular weight is 334 g/mol. The van der Waals surface area contributed by atoms with Gasteiger partial charge in [0.05, 0.1) is 5.52 Å². The number of nitrogens with one attached hydrogen (secondary N) is 1. The van der Waals surface area contributed by atoms with Crippen molar-refractivity contribution in [3.63, 3.8) is 0 Å². The van der Waals surface area contributed by atoms with Crippen LogP contribution in [-0.2, 0) is 13.1 Å². The number of para-hydroxylation sites is 1. The highest BCUT2D eigenvalue weighted by atomic mass is 16.2. The number of nitrogens with zero attached hydrogens (tertiary/aromatic N) is 1. The number of hydrogen-bond acceptors (Lipinski definition) is 2. The summed E-state index contributed by atoms with van der Waals surface area (Å²) in [6.07, 6.45) is 3.74. The molecule has 0 saturated carbocycles. The summed E-state index contributed by atoms with van der Waals surface area (Å²) in [5, 5.41) is 3.44. The van der Waals surface area contributed by atoms with Crippen LogP contribution in [0.4, 0.5) is 0 Å². The van der Waals surface area contributed by atoms with Gasteiger partial charge in [0.25, 0.3) is 5.91 Å². The van der Waals surface area contributed by atoms with E-state index in [1.807, 2.05) is 53.1 Å². The van der Waals surface area contributed by atoms with E-state index >= 15 is 0 Å². The second-order valence-corrected chi connectivity index (χ2v) is 6.10. The number of fused-ring (bicyclic) bond motifs is 1. The van der Waals surface area contributed by atoms with Crippen molar-refractivity contribution in [2.45, 2.75) is 32.9 Å². The molecule has 0 atom stereocenters. The van der Waals surface area contributed by atoms with E-state index in [9.17, 15) is 9.59 Å². The summed E-state index contributed by atoms with van der Waals surface area (Å²) in [6.45, 7) is 3.31. The van der Waals surface area contributed by atoms with Gasteiger partial charge in [-0.25, -0.2) is 0 Å². The lowest BCUT2D eigenvalue weighted by Gasteiger charge is -2.13. The maximum absolute atomic E-state index is 12.7. The summed E-state index contributed by atoms with van der Waals surface area (Å²) in [5.41, 5.74) is 1.86. The molecule has 0 fully saturated rings. The molecule has 128 valence electrons. The van der Waals surface area contributed by atoms with Crippen molar-refractivity contribution in [1.82, 2.24) is 9.88 Å². The molecular formula is C21H22N2O2. The van der Waals surface area contributed by atoms with Crippen LogP contribution >= 0.6 is 0 Å². The second-order valence-electron chi connectivity index (χ2n) is 6.10. The first-order valence-electron chi connectivity index (χ1n) is 8.65. The van der Waals surface area contributed by atoms with Crippen molar-refractivity contribution in [3.8, 4) is 0 Å². The van der Waals surface area contributed by atoms with E-state index in [-0.39, 0.29) is 16.9 Å². The molecule has 0 aliphatic heterocycles. The molecule has 0 saturated heterocycles. The lowest BCUT2D eigenvalue weighted by atomic mass is 10.1. The van der Waals surface area contributed by atoms with Crippen LogP contribution < -0.4 is 10.7 Å². The van der Waals surface area contributed by atoms with Crippen molar-refractivity contribution in [1.29, 1.82) is 0 Å². The van der Waals surface area contributed by atoms with E-state index in [1.54, 1.807) is 12.3 Å². The topological polar surface area (TPSA) is 51.1 Å². The number of aryl methyl sites for hydroxylation is 1. The SMILES string of the molecule is CCCCn1cc(C(=O)NCc2ccccc2)c(=O)c2ccccc21. The largest absolute Gasteiger partial charge is 0.348 e. The average Bonchev–Trinajstić information content (AvgIpc) is 2.66. The van der Waals surface area contributed by atoms with Crippen molar-refractivity contribution in [2.75, 3.05) is 0 Å². The Hall–Kier alpha value is -2.88. The molecule has 0 aliphatic rings. The van der Waals surface area contributed by atoms with E-state index in [4.69, 9.17) is 0 Å². The molecule has 1 N–H and O–H groups in total. The zero-order valence-corrected chi connectivity index (χ0v) is 14.4. The molecule has 4 nitrogen and oxygen atoms in total. The van der Waals surface area contributed by atoms with Crippen LogP contribution in [0.2, 0.25) is 0 Å². The van der Waals surface area contributed by atoms with Crippen LogP contribution in [0, 0.1) is 0 Å². The van der Waals surface area contributed by atoms with Gasteiger partial charge >= 0.3 is 0 Å². The van der Waals surface area contributed by atoms with E-state index in [1.165, 1.54) is 0 Å². The number of benzene rings is 2. The van der Waals surface area contributed by atoms with Gasteiger partial charge in [-0.3, -0.25) is 9.59 Å². The van der Waals surface area contributed by atoms with Crippen molar-refractivity contribution in [3.05, 3.63) is 82.1 Å². The smallest absolute Gasteiger partial charge is 0.257 e. The second kappa shape index (κ2) is 7.79. The summed E-state index contributed by atoms with van der Waals surface area (Å²) < 4.78 is 2.01. The Morgan fingerprint density at radius 1 is 1.04 bits per heavy atom. The number of amides is 1.